The molecular weight excluding hydrogens is 442 g/mol. The number of carbonyl (C=O) groups is 1. The largest absolute Gasteiger partial charge is 0.444 e. The van der Waals surface area contributed by atoms with Gasteiger partial charge in [0, 0.05) is 55.6 Å². The standard InChI is InChI=1S/C24H30ClN5O3/c1-24(2,3)33-23(32)26-17-9-7-11-29(15-17)21-18(14-16-8-5-6-10-19(16)25)20-22(31)28(4)12-13-30(20)27-21/h5-6,8,10,12-13,17H,7,9,11,14-15H2,1-4H3,(H,26,32)/t17-/m0/s1. The fraction of sp³-hybridized carbons (Fsp3) is 0.458. The number of rotatable bonds is 4. The summed E-state index contributed by atoms with van der Waals surface area (Å²) in [6.07, 6.45) is 5.29. The average Bonchev–Trinajstić information content (AvgIpc) is 3.10. The highest BCUT2D eigenvalue weighted by atomic mass is 35.5. The van der Waals surface area contributed by atoms with Gasteiger partial charge in [-0.1, -0.05) is 29.8 Å². The van der Waals surface area contributed by atoms with Crippen LogP contribution in [0, 0.1) is 0 Å². The zero-order valence-corrected chi connectivity index (χ0v) is 20.2. The summed E-state index contributed by atoms with van der Waals surface area (Å²) in [5.41, 5.74) is 1.64. The molecule has 0 bridgehead atoms. The van der Waals surface area contributed by atoms with Gasteiger partial charge in [0.2, 0.25) is 0 Å². The molecule has 0 unspecified atom stereocenters. The van der Waals surface area contributed by atoms with Gasteiger partial charge in [0.15, 0.2) is 5.82 Å². The molecule has 8 nitrogen and oxygen atoms in total. The van der Waals surface area contributed by atoms with Gasteiger partial charge in [-0.3, -0.25) is 4.79 Å². The fourth-order valence-corrected chi connectivity index (χ4v) is 4.40. The first kappa shape index (κ1) is 23.2. The van der Waals surface area contributed by atoms with Gasteiger partial charge in [-0.2, -0.15) is 0 Å². The smallest absolute Gasteiger partial charge is 0.407 e. The lowest BCUT2D eigenvalue weighted by Crippen LogP contribution is -2.49. The number of aryl methyl sites for hydroxylation is 1. The number of anilines is 1. The third-order valence-electron chi connectivity index (χ3n) is 5.71. The van der Waals surface area contributed by atoms with E-state index in [2.05, 4.69) is 10.2 Å². The molecule has 1 aliphatic rings. The second-order valence-corrected chi connectivity index (χ2v) is 9.92. The highest BCUT2D eigenvalue weighted by molar-refractivity contribution is 6.31. The topological polar surface area (TPSA) is 80.9 Å². The molecule has 33 heavy (non-hydrogen) atoms. The van der Waals surface area contributed by atoms with Gasteiger partial charge in [-0.25, -0.2) is 9.31 Å². The lowest BCUT2D eigenvalue weighted by molar-refractivity contribution is 0.0500. The third kappa shape index (κ3) is 5.16. The Labute approximate surface area is 198 Å². The first-order valence-corrected chi connectivity index (χ1v) is 11.5. The van der Waals surface area contributed by atoms with Crippen LogP contribution in [0.15, 0.2) is 41.5 Å². The number of aromatic nitrogens is 3. The molecule has 0 saturated carbocycles. The predicted molar refractivity (Wildman–Crippen MR) is 129 cm³/mol. The van der Waals surface area contributed by atoms with Gasteiger partial charge in [0.1, 0.15) is 11.1 Å². The summed E-state index contributed by atoms with van der Waals surface area (Å²) in [5.74, 6) is 0.744. The van der Waals surface area contributed by atoms with Gasteiger partial charge in [0.05, 0.1) is 0 Å². The molecule has 1 aromatic carbocycles. The van der Waals surface area contributed by atoms with E-state index in [4.69, 9.17) is 21.4 Å². The van der Waals surface area contributed by atoms with Crippen molar-refractivity contribution in [1.82, 2.24) is 19.5 Å². The van der Waals surface area contributed by atoms with Gasteiger partial charge in [-0.15, -0.1) is 5.10 Å². The first-order valence-electron chi connectivity index (χ1n) is 11.2. The van der Waals surface area contributed by atoms with E-state index in [1.165, 1.54) is 0 Å². The number of nitrogens with zero attached hydrogens (tertiary/aromatic N) is 4. The molecule has 2 aromatic heterocycles. The second kappa shape index (κ2) is 9.09. The number of amides is 1. The van der Waals surface area contributed by atoms with Crippen LogP contribution in [-0.4, -0.2) is 45.0 Å². The zero-order chi connectivity index (χ0) is 23.8. The second-order valence-electron chi connectivity index (χ2n) is 9.51. The summed E-state index contributed by atoms with van der Waals surface area (Å²) < 4.78 is 8.63. The minimum atomic E-state index is -0.553. The van der Waals surface area contributed by atoms with E-state index in [0.717, 1.165) is 36.3 Å². The summed E-state index contributed by atoms with van der Waals surface area (Å²) in [4.78, 5) is 27.5. The summed E-state index contributed by atoms with van der Waals surface area (Å²) >= 11 is 6.45. The summed E-state index contributed by atoms with van der Waals surface area (Å²) in [5, 5.41) is 8.41. The first-order chi connectivity index (χ1) is 15.6. The van der Waals surface area contributed by atoms with Crippen LogP contribution in [-0.2, 0) is 18.2 Å². The van der Waals surface area contributed by atoms with Crippen LogP contribution < -0.4 is 15.8 Å². The van der Waals surface area contributed by atoms with Crippen LogP contribution in [0.5, 0.6) is 0 Å². The van der Waals surface area contributed by atoms with Crippen LogP contribution in [0.1, 0.15) is 44.7 Å². The van der Waals surface area contributed by atoms with E-state index >= 15 is 0 Å². The normalized spacial score (nSPS) is 16.8. The summed E-state index contributed by atoms with van der Waals surface area (Å²) in [7, 11) is 1.73. The number of hydrogen-bond acceptors (Lipinski definition) is 5. The SMILES string of the molecule is Cn1ccn2nc(N3CCC[C@H](NC(=O)OC(C)(C)C)C3)c(Cc3ccccc3Cl)c2c1=O. The maximum Gasteiger partial charge on any atom is 0.407 e. The van der Waals surface area contributed by atoms with E-state index in [-0.39, 0.29) is 11.6 Å². The van der Waals surface area contributed by atoms with Crippen LogP contribution in [0.2, 0.25) is 5.02 Å². The highest BCUT2D eigenvalue weighted by Crippen LogP contribution is 2.29. The molecule has 1 atom stereocenters. The molecule has 4 rings (SSSR count). The van der Waals surface area contributed by atoms with Gasteiger partial charge < -0.3 is 19.5 Å². The molecule has 0 radical (unpaired) electrons. The van der Waals surface area contributed by atoms with Crippen LogP contribution in [0.3, 0.4) is 0 Å². The minimum Gasteiger partial charge on any atom is -0.444 e. The maximum absolute atomic E-state index is 13.0. The van der Waals surface area contributed by atoms with E-state index in [0.29, 0.717) is 23.5 Å². The van der Waals surface area contributed by atoms with Gasteiger partial charge >= 0.3 is 6.09 Å². The Hall–Kier alpha value is -3.00. The monoisotopic (exact) mass is 471 g/mol. The van der Waals surface area contributed by atoms with E-state index in [1.54, 1.807) is 28.5 Å². The van der Waals surface area contributed by atoms with Crippen LogP contribution >= 0.6 is 11.6 Å². The molecule has 1 saturated heterocycles. The Morgan fingerprint density at radius 2 is 2.03 bits per heavy atom. The number of nitrogens with one attached hydrogen (secondary N) is 1. The number of hydrogen-bond donors (Lipinski definition) is 1. The van der Waals surface area contributed by atoms with Gasteiger partial charge in [-0.05, 0) is 45.2 Å². The molecule has 3 heterocycles. The van der Waals surface area contributed by atoms with Crippen LogP contribution in [0.4, 0.5) is 10.6 Å². The predicted octanol–water partition coefficient (Wildman–Crippen LogP) is 3.77. The Bertz CT molecular complexity index is 1230. The minimum absolute atomic E-state index is 0.0746. The van der Waals surface area contributed by atoms with Crippen molar-refractivity contribution in [2.45, 2.75) is 51.7 Å². The molecular formula is C24H30ClN5O3. The molecule has 9 heteroatoms. The Morgan fingerprint density at radius 1 is 1.27 bits per heavy atom. The summed E-state index contributed by atoms with van der Waals surface area (Å²) in [6.45, 7) is 6.90. The molecule has 0 aliphatic carbocycles. The Kier molecular flexibility index (Phi) is 6.38. The molecule has 1 N–H and O–H groups in total. The summed E-state index contributed by atoms with van der Waals surface area (Å²) in [6, 6.07) is 7.56. The molecule has 176 valence electrons. The van der Waals surface area contributed by atoms with Crippen molar-refractivity contribution < 1.29 is 9.53 Å². The van der Waals surface area contributed by atoms with Crippen molar-refractivity contribution in [2.75, 3.05) is 18.0 Å². The molecule has 1 aliphatic heterocycles. The maximum atomic E-state index is 13.0. The number of fused-ring (bicyclic) bond motifs is 1. The number of halogens is 1. The lowest BCUT2D eigenvalue weighted by Gasteiger charge is -2.34. The molecule has 1 amide bonds. The van der Waals surface area contributed by atoms with Crippen molar-refractivity contribution >= 4 is 29.0 Å². The van der Waals surface area contributed by atoms with E-state index in [1.807, 2.05) is 45.0 Å². The molecule has 1 fully saturated rings. The quantitative estimate of drug-likeness (QED) is 0.626. The van der Waals surface area contributed by atoms with Crippen molar-refractivity contribution in [3.05, 3.63) is 63.2 Å². The zero-order valence-electron chi connectivity index (χ0n) is 19.5. The van der Waals surface area contributed by atoms with Crippen molar-refractivity contribution in [2.24, 2.45) is 7.05 Å². The number of benzene rings is 1. The molecule has 0 spiro atoms. The third-order valence-corrected chi connectivity index (χ3v) is 6.08. The van der Waals surface area contributed by atoms with Crippen molar-refractivity contribution in [1.29, 1.82) is 0 Å². The molecule has 3 aromatic rings. The number of ether oxygens (including phenoxy) is 1. The fourth-order valence-electron chi connectivity index (χ4n) is 4.20. The van der Waals surface area contributed by atoms with E-state index in [9.17, 15) is 9.59 Å². The number of carbonyl (C=O) groups excluding carboxylic acids is 1. The number of piperidine rings is 1. The Morgan fingerprint density at radius 3 is 2.76 bits per heavy atom. The number of alkyl carbamates (subject to hydrolysis) is 1. The Balaban J connectivity index is 1.68. The highest BCUT2D eigenvalue weighted by Gasteiger charge is 2.28. The van der Waals surface area contributed by atoms with E-state index < -0.39 is 11.7 Å². The average molecular weight is 472 g/mol. The lowest BCUT2D eigenvalue weighted by atomic mass is 10.0. The van der Waals surface area contributed by atoms with Gasteiger partial charge in [0.25, 0.3) is 5.56 Å². The van der Waals surface area contributed by atoms with Crippen LogP contribution in [0.25, 0.3) is 5.52 Å². The van der Waals surface area contributed by atoms with Crippen molar-refractivity contribution in [3.63, 3.8) is 0 Å². The van der Waals surface area contributed by atoms with Crippen molar-refractivity contribution in [3.8, 4) is 0 Å².